The number of rotatable bonds is 5. The minimum absolute atomic E-state index is 0.121. The van der Waals surface area contributed by atoms with Gasteiger partial charge in [-0.05, 0) is 29.8 Å². The smallest absolute Gasteiger partial charge is 0.123 e. The lowest BCUT2D eigenvalue weighted by atomic mass is 9.90. The highest BCUT2D eigenvalue weighted by molar-refractivity contribution is 5.88. The van der Waals surface area contributed by atoms with Crippen LogP contribution in [0.3, 0.4) is 0 Å². The third-order valence-corrected chi connectivity index (χ3v) is 3.32. The van der Waals surface area contributed by atoms with Gasteiger partial charge in [0.25, 0.3) is 0 Å². The van der Waals surface area contributed by atoms with E-state index in [2.05, 4.69) is 12.1 Å². The quantitative estimate of drug-likeness (QED) is 0.849. The normalized spacial score (nSPS) is 12.6. The number of methoxy groups -OCH3 is 1. The molecule has 0 bridgehead atoms. The minimum Gasteiger partial charge on any atom is -0.496 e. The summed E-state index contributed by atoms with van der Waals surface area (Å²) in [6, 6.07) is 12.2. The Bertz CT molecular complexity index is 525. The molecule has 96 valence electrons. The number of fused-ring (bicyclic) bond motifs is 1. The molecule has 2 aromatic rings. The van der Waals surface area contributed by atoms with E-state index in [0.29, 0.717) is 13.0 Å². The molecule has 0 amide bonds. The summed E-state index contributed by atoms with van der Waals surface area (Å²) in [5.41, 5.74) is 6.94. The summed E-state index contributed by atoms with van der Waals surface area (Å²) in [4.78, 5) is 0. The van der Waals surface area contributed by atoms with Crippen molar-refractivity contribution in [1.82, 2.24) is 0 Å². The van der Waals surface area contributed by atoms with Gasteiger partial charge in [-0.15, -0.1) is 0 Å². The van der Waals surface area contributed by atoms with Crippen LogP contribution in [0.4, 0.5) is 0 Å². The highest BCUT2D eigenvalue weighted by Gasteiger charge is 2.17. The lowest BCUT2D eigenvalue weighted by Gasteiger charge is -2.19. The molecular weight excluding hydrogens is 226 g/mol. The number of nitrogens with two attached hydrogens (primary N) is 1. The highest BCUT2D eigenvalue weighted by Crippen LogP contribution is 2.35. The van der Waals surface area contributed by atoms with Gasteiger partial charge in [0, 0.05) is 18.1 Å². The van der Waals surface area contributed by atoms with Gasteiger partial charge in [0.1, 0.15) is 5.75 Å². The SMILES string of the molecule is COc1ccc2ccccc2c1C(CN)CCO. The number of hydrogen-bond acceptors (Lipinski definition) is 3. The van der Waals surface area contributed by atoms with Crippen molar-refractivity contribution in [2.75, 3.05) is 20.3 Å². The topological polar surface area (TPSA) is 55.5 Å². The molecule has 0 aliphatic carbocycles. The molecule has 0 aliphatic heterocycles. The Balaban J connectivity index is 2.63. The standard InChI is InChI=1S/C15H19NO2/c1-18-14-7-6-11-4-2-3-5-13(11)15(14)12(10-16)8-9-17/h2-7,12,17H,8-10,16H2,1H3. The number of ether oxygens (including phenoxy) is 1. The monoisotopic (exact) mass is 245 g/mol. The van der Waals surface area contributed by atoms with E-state index in [1.54, 1.807) is 7.11 Å². The molecule has 0 radical (unpaired) electrons. The maximum Gasteiger partial charge on any atom is 0.123 e. The summed E-state index contributed by atoms with van der Waals surface area (Å²) in [7, 11) is 1.67. The van der Waals surface area contributed by atoms with E-state index >= 15 is 0 Å². The van der Waals surface area contributed by atoms with Crippen LogP contribution < -0.4 is 10.5 Å². The molecular formula is C15H19NO2. The average molecular weight is 245 g/mol. The van der Waals surface area contributed by atoms with Crippen molar-refractivity contribution in [3.8, 4) is 5.75 Å². The first kappa shape index (κ1) is 12.9. The van der Waals surface area contributed by atoms with Gasteiger partial charge >= 0.3 is 0 Å². The first-order chi connectivity index (χ1) is 8.81. The summed E-state index contributed by atoms with van der Waals surface area (Å²) in [6.45, 7) is 0.638. The van der Waals surface area contributed by atoms with Crippen LogP contribution in [0.5, 0.6) is 5.75 Å². The van der Waals surface area contributed by atoms with Gasteiger partial charge in [-0.2, -0.15) is 0 Å². The van der Waals surface area contributed by atoms with E-state index in [-0.39, 0.29) is 12.5 Å². The van der Waals surface area contributed by atoms with Crippen molar-refractivity contribution >= 4 is 10.8 Å². The molecule has 0 aliphatic rings. The average Bonchev–Trinajstić information content (AvgIpc) is 2.43. The third-order valence-electron chi connectivity index (χ3n) is 3.32. The minimum atomic E-state index is 0.121. The van der Waals surface area contributed by atoms with E-state index < -0.39 is 0 Å². The Kier molecular flexibility index (Phi) is 4.18. The molecule has 3 nitrogen and oxygen atoms in total. The fraction of sp³-hybridized carbons (Fsp3) is 0.333. The lowest BCUT2D eigenvalue weighted by Crippen LogP contribution is -2.15. The van der Waals surface area contributed by atoms with Crippen LogP contribution in [0.15, 0.2) is 36.4 Å². The fourth-order valence-corrected chi connectivity index (χ4v) is 2.41. The summed E-state index contributed by atoms with van der Waals surface area (Å²) in [5.74, 6) is 0.966. The molecule has 2 rings (SSSR count). The van der Waals surface area contributed by atoms with E-state index in [1.165, 1.54) is 5.39 Å². The Morgan fingerprint density at radius 2 is 2.00 bits per heavy atom. The van der Waals surface area contributed by atoms with E-state index in [0.717, 1.165) is 16.7 Å². The zero-order chi connectivity index (χ0) is 13.0. The van der Waals surface area contributed by atoms with Crippen molar-refractivity contribution in [3.63, 3.8) is 0 Å². The Morgan fingerprint density at radius 3 is 2.67 bits per heavy atom. The van der Waals surface area contributed by atoms with Gasteiger partial charge in [-0.25, -0.2) is 0 Å². The summed E-state index contributed by atoms with van der Waals surface area (Å²) >= 11 is 0. The number of aliphatic hydroxyl groups is 1. The van der Waals surface area contributed by atoms with Crippen LogP contribution in [-0.2, 0) is 0 Å². The molecule has 0 saturated heterocycles. The Hall–Kier alpha value is -1.58. The number of aliphatic hydroxyl groups excluding tert-OH is 1. The molecule has 0 saturated carbocycles. The third kappa shape index (κ3) is 2.33. The zero-order valence-electron chi connectivity index (χ0n) is 10.6. The van der Waals surface area contributed by atoms with E-state index in [1.807, 2.05) is 24.3 Å². The fourth-order valence-electron chi connectivity index (χ4n) is 2.41. The largest absolute Gasteiger partial charge is 0.496 e. The van der Waals surface area contributed by atoms with Gasteiger partial charge in [0.05, 0.1) is 7.11 Å². The van der Waals surface area contributed by atoms with Crippen LogP contribution >= 0.6 is 0 Å². The summed E-state index contributed by atoms with van der Waals surface area (Å²) < 4.78 is 5.45. The highest BCUT2D eigenvalue weighted by atomic mass is 16.5. The lowest BCUT2D eigenvalue weighted by molar-refractivity contribution is 0.275. The van der Waals surface area contributed by atoms with Crippen molar-refractivity contribution in [2.45, 2.75) is 12.3 Å². The molecule has 18 heavy (non-hydrogen) atoms. The van der Waals surface area contributed by atoms with Crippen LogP contribution in [0.1, 0.15) is 17.9 Å². The molecule has 1 atom stereocenters. The van der Waals surface area contributed by atoms with Gasteiger partial charge < -0.3 is 15.6 Å². The van der Waals surface area contributed by atoms with Gasteiger partial charge in [0.2, 0.25) is 0 Å². The van der Waals surface area contributed by atoms with Crippen molar-refractivity contribution in [2.24, 2.45) is 5.73 Å². The zero-order valence-corrected chi connectivity index (χ0v) is 10.6. The van der Waals surface area contributed by atoms with Crippen molar-refractivity contribution in [3.05, 3.63) is 42.0 Å². The molecule has 2 aromatic carbocycles. The molecule has 0 fully saturated rings. The van der Waals surface area contributed by atoms with Crippen LogP contribution in [-0.4, -0.2) is 25.4 Å². The second-order valence-electron chi connectivity index (χ2n) is 4.35. The molecule has 0 heterocycles. The molecule has 0 aromatic heterocycles. The van der Waals surface area contributed by atoms with Gasteiger partial charge in [-0.3, -0.25) is 0 Å². The van der Waals surface area contributed by atoms with E-state index in [4.69, 9.17) is 15.6 Å². The maximum absolute atomic E-state index is 9.17. The number of benzene rings is 2. The molecule has 3 heteroatoms. The van der Waals surface area contributed by atoms with Gasteiger partial charge in [-0.1, -0.05) is 30.3 Å². The predicted molar refractivity (Wildman–Crippen MR) is 74.0 cm³/mol. The Labute approximate surface area is 107 Å². The molecule has 0 spiro atoms. The summed E-state index contributed by atoms with van der Waals surface area (Å²) in [5, 5.41) is 11.5. The Morgan fingerprint density at radius 1 is 1.22 bits per heavy atom. The maximum atomic E-state index is 9.17. The predicted octanol–water partition coefficient (Wildman–Crippen LogP) is 2.27. The van der Waals surface area contributed by atoms with Crippen LogP contribution in [0.2, 0.25) is 0 Å². The second kappa shape index (κ2) is 5.85. The second-order valence-corrected chi connectivity index (χ2v) is 4.35. The van der Waals surface area contributed by atoms with Crippen LogP contribution in [0.25, 0.3) is 10.8 Å². The summed E-state index contributed by atoms with van der Waals surface area (Å²) in [6.07, 6.45) is 0.654. The first-order valence-electron chi connectivity index (χ1n) is 6.18. The van der Waals surface area contributed by atoms with Gasteiger partial charge in [0.15, 0.2) is 0 Å². The van der Waals surface area contributed by atoms with E-state index in [9.17, 15) is 0 Å². The number of hydrogen-bond donors (Lipinski definition) is 2. The van der Waals surface area contributed by atoms with Crippen molar-refractivity contribution < 1.29 is 9.84 Å². The van der Waals surface area contributed by atoms with Crippen molar-refractivity contribution in [1.29, 1.82) is 0 Å². The molecule has 1 unspecified atom stereocenters. The molecule has 3 N–H and O–H groups in total. The first-order valence-corrected chi connectivity index (χ1v) is 6.18. The van der Waals surface area contributed by atoms with Crippen LogP contribution in [0, 0.1) is 0 Å².